The van der Waals surface area contributed by atoms with Gasteiger partial charge in [0.2, 0.25) is 0 Å². The smallest absolute Gasteiger partial charge is 0.414 e. The van der Waals surface area contributed by atoms with Gasteiger partial charge in [0.15, 0.2) is 5.13 Å². The number of carbonyl (C=O) groups is 2. The largest absolute Gasteiger partial charge is 0.465 e. The monoisotopic (exact) mass is 378 g/mol. The number of para-hydroxylation sites is 2. The summed E-state index contributed by atoms with van der Waals surface area (Å²) in [5.74, 6) is -0.584. The average Bonchev–Trinajstić information content (AvgIpc) is 2.86. The molecule has 2 aromatic rings. The van der Waals surface area contributed by atoms with Crippen LogP contribution in [-0.2, 0) is 0 Å². The first-order valence-corrected chi connectivity index (χ1v) is 8.39. The molecule has 0 atom stereocenters. The van der Waals surface area contributed by atoms with Crippen molar-refractivity contribution in [3.8, 4) is 0 Å². The lowest BCUT2D eigenvalue weighted by molar-refractivity contribution is -0.383. The number of anilines is 2. The quantitative estimate of drug-likeness (QED) is 0.614. The molecule has 26 heavy (non-hydrogen) atoms. The summed E-state index contributed by atoms with van der Waals surface area (Å²) in [5, 5.41) is 23.2. The van der Waals surface area contributed by atoms with Crippen LogP contribution in [0.2, 0.25) is 0 Å². The molecule has 1 heterocycles. The van der Waals surface area contributed by atoms with E-state index in [0.717, 1.165) is 16.2 Å². The predicted molar refractivity (Wildman–Crippen MR) is 98.2 cm³/mol. The minimum atomic E-state index is -1.18. The summed E-state index contributed by atoms with van der Waals surface area (Å²) < 4.78 is 0. The maximum absolute atomic E-state index is 12.5. The number of amides is 2. The number of aromatic nitrogens is 1. The lowest BCUT2D eigenvalue weighted by Crippen LogP contribution is -2.45. The number of nitrogens with zero attached hydrogens (tertiary/aromatic N) is 3. The van der Waals surface area contributed by atoms with E-state index >= 15 is 0 Å². The fourth-order valence-corrected chi connectivity index (χ4v) is 3.41. The summed E-state index contributed by atoms with van der Waals surface area (Å²) in [4.78, 5) is 40.0. The summed E-state index contributed by atoms with van der Waals surface area (Å²) >= 11 is 0.916. The highest BCUT2D eigenvalue weighted by Gasteiger charge is 2.32. The van der Waals surface area contributed by atoms with Gasteiger partial charge in [0.1, 0.15) is 10.6 Å². The summed E-state index contributed by atoms with van der Waals surface area (Å²) in [5.41, 5.74) is -0.577. The van der Waals surface area contributed by atoms with Gasteiger partial charge >= 0.3 is 6.09 Å². The molecule has 138 valence electrons. The third kappa shape index (κ3) is 3.97. The lowest BCUT2D eigenvalue weighted by Gasteiger charge is -2.30. The summed E-state index contributed by atoms with van der Waals surface area (Å²) in [7, 11) is 0. The molecule has 9 nitrogen and oxygen atoms in total. The first-order valence-electron chi connectivity index (χ1n) is 7.57. The molecule has 0 unspecified atom stereocenters. The molecule has 0 saturated heterocycles. The number of benzene rings is 1. The highest BCUT2D eigenvalue weighted by atomic mass is 32.1. The van der Waals surface area contributed by atoms with E-state index < -0.39 is 22.5 Å². The van der Waals surface area contributed by atoms with E-state index in [-0.39, 0.29) is 21.4 Å². The zero-order valence-corrected chi connectivity index (χ0v) is 15.5. The van der Waals surface area contributed by atoms with E-state index in [1.165, 1.54) is 18.2 Å². The first-order chi connectivity index (χ1) is 12.0. The van der Waals surface area contributed by atoms with Crippen LogP contribution in [-0.4, -0.2) is 32.6 Å². The number of carbonyl (C=O) groups excluding carboxylic acids is 1. The number of nitro groups is 1. The van der Waals surface area contributed by atoms with E-state index in [1.807, 2.05) is 0 Å². The van der Waals surface area contributed by atoms with Crippen molar-refractivity contribution in [1.29, 1.82) is 0 Å². The minimum absolute atomic E-state index is 0.0581. The molecule has 10 heteroatoms. The number of rotatable bonds is 4. The van der Waals surface area contributed by atoms with E-state index in [0.29, 0.717) is 5.69 Å². The van der Waals surface area contributed by atoms with Gasteiger partial charge in [-0.25, -0.2) is 14.7 Å². The number of thiazole rings is 1. The minimum Gasteiger partial charge on any atom is -0.465 e. The molecular formula is C16H18N4O5S. The lowest BCUT2D eigenvalue weighted by atomic mass is 10.1. The van der Waals surface area contributed by atoms with Gasteiger partial charge in [0.05, 0.1) is 10.6 Å². The van der Waals surface area contributed by atoms with Gasteiger partial charge in [0.25, 0.3) is 11.6 Å². The molecule has 0 aliphatic carbocycles. The van der Waals surface area contributed by atoms with Crippen LogP contribution < -0.4 is 10.2 Å². The van der Waals surface area contributed by atoms with E-state index in [4.69, 9.17) is 0 Å². The topological polar surface area (TPSA) is 126 Å². The Kier molecular flexibility index (Phi) is 5.26. The van der Waals surface area contributed by atoms with Crippen molar-refractivity contribution in [2.45, 2.75) is 33.2 Å². The molecule has 0 saturated carbocycles. The Balaban J connectivity index is 2.36. The molecule has 0 bridgehead atoms. The molecule has 0 aliphatic heterocycles. The van der Waals surface area contributed by atoms with Gasteiger partial charge in [-0.2, -0.15) is 0 Å². The SMILES string of the molecule is Cc1nc(N(C(=O)O)C(C)(C)C)sc1C(=O)Nc1ccccc1[N+](=O)[O-]. The second-order valence-electron chi connectivity index (χ2n) is 6.43. The Morgan fingerprint density at radius 3 is 2.46 bits per heavy atom. The highest BCUT2D eigenvalue weighted by Crippen LogP contribution is 2.32. The van der Waals surface area contributed by atoms with Crippen LogP contribution in [0.15, 0.2) is 24.3 Å². The third-order valence-electron chi connectivity index (χ3n) is 3.39. The van der Waals surface area contributed by atoms with Crippen LogP contribution in [0.3, 0.4) is 0 Å². The molecular weight excluding hydrogens is 360 g/mol. The summed E-state index contributed by atoms with van der Waals surface area (Å²) in [6.45, 7) is 6.72. The van der Waals surface area contributed by atoms with E-state index in [2.05, 4.69) is 10.3 Å². The number of nitrogens with one attached hydrogen (secondary N) is 1. The Morgan fingerprint density at radius 2 is 1.92 bits per heavy atom. The maximum Gasteiger partial charge on any atom is 0.414 e. The first kappa shape index (κ1) is 19.3. The van der Waals surface area contributed by atoms with Crippen LogP contribution in [0, 0.1) is 17.0 Å². The summed E-state index contributed by atoms with van der Waals surface area (Å²) in [6, 6.07) is 5.77. The zero-order valence-electron chi connectivity index (χ0n) is 14.6. The molecule has 1 aromatic heterocycles. The van der Waals surface area contributed by atoms with Crippen LogP contribution >= 0.6 is 11.3 Å². The Labute approximate surface area is 153 Å². The van der Waals surface area contributed by atoms with Gasteiger partial charge in [-0.05, 0) is 33.8 Å². The second-order valence-corrected chi connectivity index (χ2v) is 7.41. The van der Waals surface area contributed by atoms with Crippen LogP contribution in [0.1, 0.15) is 36.1 Å². The van der Waals surface area contributed by atoms with Gasteiger partial charge < -0.3 is 10.4 Å². The molecule has 0 aliphatic rings. The molecule has 2 amide bonds. The van der Waals surface area contributed by atoms with Crippen molar-refractivity contribution in [2.24, 2.45) is 0 Å². The van der Waals surface area contributed by atoms with E-state index in [9.17, 15) is 24.8 Å². The Morgan fingerprint density at radius 1 is 1.31 bits per heavy atom. The second kappa shape index (κ2) is 7.08. The average molecular weight is 378 g/mol. The van der Waals surface area contributed by atoms with E-state index in [1.54, 1.807) is 33.8 Å². The van der Waals surface area contributed by atoms with Crippen molar-refractivity contribution in [1.82, 2.24) is 4.98 Å². The van der Waals surface area contributed by atoms with Crippen LogP contribution in [0.4, 0.5) is 21.3 Å². The fraction of sp³-hybridized carbons (Fsp3) is 0.312. The molecule has 0 fully saturated rings. The molecule has 2 rings (SSSR count). The van der Waals surface area contributed by atoms with Crippen molar-refractivity contribution >= 4 is 39.8 Å². The van der Waals surface area contributed by atoms with Crippen molar-refractivity contribution < 1.29 is 19.6 Å². The molecule has 0 radical (unpaired) electrons. The third-order valence-corrected chi connectivity index (χ3v) is 4.54. The zero-order chi connectivity index (χ0) is 19.6. The maximum atomic E-state index is 12.5. The standard InChI is InChI=1S/C16H18N4O5S/c1-9-12(26-14(17-9)19(15(22)23)16(2,3)4)13(21)18-10-7-5-6-8-11(10)20(24)25/h5-8H,1-4H3,(H,18,21)(H,22,23). The number of aryl methyl sites for hydroxylation is 1. The van der Waals surface area contributed by atoms with Crippen molar-refractivity contribution in [3.05, 3.63) is 45.0 Å². The van der Waals surface area contributed by atoms with Crippen LogP contribution in [0.5, 0.6) is 0 Å². The number of carboxylic acid groups (broad SMARTS) is 1. The Hall–Kier alpha value is -3.01. The number of hydrogen-bond acceptors (Lipinski definition) is 6. The van der Waals surface area contributed by atoms with Crippen molar-refractivity contribution in [2.75, 3.05) is 10.2 Å². The molecule has 2 N–H and O–H groups in total. The highest BCUT2D eigenvalue weighted by molar-refractivity contribution is 7.18. The van der Waals surface area contributed by atoms with Crippen LogP contribution in [0.25, 0.3) is 0 Å². The predicted octanol–water partition coefficient (Wildman–Crippen LogP) is 3.89. The van der Waals surface area contributed by atoms with Gasteiger partial charge in [-0.3, -0.25) is 14.9 Å². The van der Waals surface area contributed by atoms with Gasteiger partial charge in [0, 0.05) is 11.6 Å². The normalized spacial score (nSPS) is 11.1. The van der Waals surface area contributed by atoms with Crippen molar-refractivity contribution in [3.63, 3.8) is 0 Å². The number of hydrogen-bond donors (Lipinski definition) is 2. The van der Waals surface area contributed by atoms with Gasteiger partial charge in [-0.15, -0.1) is 0 Å². The molecule has 0 spiro atoms. The molecule has 1 aromatic carbocycles. The Bertz CT molecular complexity index is 872. The summed E-state index contributed by atoms with van der Waals surface area (Å²) in [6.07, 6.45) is -1.18. The van der Waals surface area contributed by atoms with Gasteiger partial charge in [-0.1, -0.05) is 23.5 Å². The fourth-order valence-electron chi connectivity index (χ4n) is 2.26. The number of nitro benzene ring substituents is 1.